The van der Waals surface area contributed by atoms with Gasteiger partial charge in [0.25, 0.3) is 11.8 Å². The van der Waals surface area contributed by atoms with Gasteiger partial charge in [-0.05, 0) is 86.8 Å². The molecule has 1 unspecified atom stereocenters. The maximum Gasteiger partial charge on any atom is 0.264 e. The van der Waals surface area contributed by atoms with Crippen LogP contribution in [0.3, 0.4) is 0 Å². The van der Waals surface area contributed by atoms with Crippen molar-refractivity contribution >= 4 is 45.1 Å². The van der Waals surface area contributed by atoms with Crippen LogP contribution in [0.2, 0.25) is 0 Å². The van der Waals surface area contributed by atoms with E-state index in [4.69, 9.17) is 0 Å². The van der Waals surface area contributed by atoms with Crippen molar-refractivity contribution in [1.82, 2.24) is 20.9 Å². The zero-order chi connectivity index (χ0) is 27.3. The second kappa shape index (κ2) is 10.2. The third-order valence-corrected chi connectivity index (χ3v) is 9.98. The zero-order valence-corrected chi connectivity index (χ0v) is 23.0. The highest BCUT2D eigenvalue weighted by Crippen LogP contribution is 2.55. The first-order valence-corrected chi connectivity index (χ1v) is 14.9. The summed E-state index contributed by atoms with van der Waals surface area (Å²) in [5, 5.41) is 20.5. The van der Waals surface area contributed by atoms with Crippen LogP contribution < -0.4 is 16.0 Å². The molecule has 6 rings (SSSR count). The maximum absolute atomic E-state index is 13.9. The van der Waals surface area contributed by atoms with Crippen LogP contribution in [0.25, 0.3) is 10.1 Å². The monoisotopic (exact) mass is 552 g/mol. The Morgan fingerprint density at radius 1 is 1.18 bits per heavy atom. The fourth-order valence-corrected chi connectivity index (χ4v) is 7.17. The molecule has 9 nitrogen and oxygen atoms in total. The number of aryl methyl sites for hydroxylation is 1. The number of piperidine rings is 1. The maximum atomic E-state index is 13.9. The predicted molar refractivity (Wildman–Crippen MR) is 147 cm³/mol. The van der Waals surface area contributed by atoms with E-state index in [9.17, 15) is 24.3 Å². The third-order valence-electron chi connectivity index (χ3n) is 8.90. The van der Waals surface area contributed by atoms with E-state index in [-0.39, 0.29) is 41.5 Å². The van der Waals surface area contributed by atoms with Crippen molar-refractivity contribution in [1.29, 1.82) is 0 Å². The van der Waals surface area contributed by atoms with Crippen LogP contribution in [-0.4, -0.2) is 71.0 Å². The molecule has 4 amide bonds. The predicted octanol–water partition coefficient (Wildman–Crippen LogP) is 2.25. The van der Waals surface area contributed by atoms with Crippen LogP contribution in [0, 0.1) is 18.3 Å². The number of amides is 4. The lowest BCUT2D eigenvalue weighted by Gasteiger charge is -2.39. The van der Waals surface area contributed by atoms with Crippen LogP contribution in [0.5, 0.6) is 0 Å². The molecule has 208 valence electrons. The van der Waals surface area contributed by atoms with Gasteiger partial charge in [0.1, 0.15) is 6.04 Å². The summed E-state index contributed by atoms with van der Waals surface area (Å²) < 4.78 is 1.04. The molecule has 10 heteroatoms. The molecule has 4 atom stereocenters. The van der Waals surface area contributed by atoms with Gasteiger partial charge in [0.05, 0.1) is 10.9 Å². The first-order chi connectivity index (χ1) is 18.7. The summed E-state index contributed by atoms with van der Waals surface area (Å²) >= 11 is 1.44. The molecule has 2 saturated heterocycles. The minimum atomic E-state index is -1.48. The van der Waals surface area contributed by atoms with Crippen LogP contribution in [-0.2, 0) is 14.4 Å². The average molecular weight is 553 g/mol. The summed E-state index contributed by atoms with van der Waals surface area (Å²) in [6.45, 7) is 3.05. The number of hydrogen-bond acceptors (Lipinski definition) is 6. The van der Waals surface area contributed by atoms with Gasteiger partial charge in [-0.1, -0.05) is 12.1 Å². The SMILES string of the molecule is Cc1ccc2cc(C(=O)N3CCC4(CC4)C[C@H]3C(=O)N[C@@H](C[C@@H]3CCNC3=O)C(O)C(=O)NC3CC3)sc2c1. The molecule has 3 heterocycles. The molecule has 39 heavy (non-hydrogen) atoms. The molecule has 0 bridgehead atoms. The molecular formula is C29H36N4O5S. The minimum Gasteiger partial charge on any atom is -0.381 e. The molecule has 2 aliphatic heterocycles. The van der Waals surface area contributed by atoms with Gasteiger partial charge in [-0.15, -0.1) is 11.3 Å². The lowest BCUT2D eigenvalue weighted by atomic mass is 9.86. The van der Waals surface area contributed by atoms with Crippen molar-refractivity contribution in [2.75, 3.05) is 13.1 Å². The summed E-state index contributed by atoms with van der Waals surface area (Å²) in [4.78, 5) is 55.0. The Labute approximate surface area is 231 Å². The Morgan fingerprint density at radius 2 is 1.97 bits per heavy atom. The number of benzene rings is 1. The molecule has 2 saturated carbocycles. The van der Waals surface area contributed by atoms with Gasteiger partial charge in [0, 0.05) is 29.7 Å². The van der Waals surface area contributed by atoms with E-state index < -0.39 is 24.1 Å². The Balaban J connectivity index is 1.23. The minimum absolute atomic E-state index is 0.0598. The molecule has 0 radical (unpaired) electrons. The number of nitrogens with one attached hydrogen (secondary N) is 3. The molecule has 1 aromatic heterocycles. The van der Waals surface area contributed by atoms with Crippen LogP contribution in [0.4, 0.5) is 0 Å². The number of carbonyl (C=O) groups is 4. The molecule has 4 N–H and O–H groups in total. The van der Waals surface area contributed by atoms with Gasteiger partial charge in [0.2, 0.25) is 11.8 Å². The van der Waals surface area contributed by atoms with Gasteiger partial charge in [0.15, 0.2) is 6.10 Å². The number of hydrogen-bond donors (Lipinski definition) is 4. The van der Waals surface area contributed by atoms with Gasteiger partial charge < -0.3 is 26.0 Å². The number of carbonyl (C=O) groups excluding carboxylic acids is 4. The number of nitrogens with zero attached hydrogens (tertiary/aromatic N) is 1. The summed E-state index contributed by atoms with van der Waals surface area (Å²) in [5.74, 6) is -1.58. The number of aliphatic hydroxyl groups is 1. The third kappa shape index (κ3) is 5.54. The standard InChI is InChI=1S/C29H36N4O5S/c1-16-2-3-17-14-23(39-22(17)12-16)28(38)33-11-9-29(7-8-29)15-21(33)26(36)32-20(13-18-6-10-30-25(18)35)24(34)27(37)31-19-4-5-19/h2-3,12,14,18-21,24,34H,4-11,13,15H2,1H3,(H,30,35)(H,31,37)(H,32,36)/t18-,20-,21-,24?/m0/s1. The summed E-state index contributed by atoms with van der Waals surface area (Å²) in [7, 11) is 0. The van der Waals surface area contributed by atoms with Crippen molar-refractivity contribution in [3.63, 3.8) is 0 Å². The summed E-state index contributed by atoms with van der Waals surface area (Å²) in [6, 6.07) is 6.43. The fourth-order valence-electron chi connectivity index (χ4n) is 6.05. The smallest absolute Gasteiger partial charge is 0.264 e. The van der Waals surface area contributed by atoms with E-state index in [1.165, 1.54) is 11.3 Å². The van der Waals surface area contributed by atoms with E-state index in [0.29, 0.717) is 30.8 Å². The lowest BCUT2D eigenvalue weighted by Crippen LogP contribution is -2.59. The van der Waals surface area contributed by atoms with Crippen molar-refractivity contribution in [3.8, 4) is 0 Å². The van der Waals surface area contributed by atoms with Gasteiger partial charge in [-0.3, -0.25) is 19.2 Å². The second-order valence-corrected chi connectivity index (χ2v) is 13.1. The topological polar surface area (TPSA) is 128 Å². The zero-order valence-electron chi connectivity index (χ0n) is 22.2. The number of aliphatic hydroxyl groups excluding tert-OH is 1. The first kappa shape index (κ1) is 26.3. The van der Waals surface area contributed by atoms with Crippen LogP contribution in [0.1, 0.15) is 66.6 Å². The highest BCUT2D eigenvalue weighted by molar-refractivity contribution is 7.20. The quantitative estimate of drug-likeness (QED) is 0.400. The van der Waals surface area contributed by atoms with Crippen molar-refractivity contribution < 1.29 is 24.3 Å². The van der Waals surface area contributed by atoms with Crippen LogP contribution >= 0.6 is 11.3 Å². The Kier molecular flexibility index (Phi) is 6.87. The number of likely N-dealkylation sites (tertiary alicyclic amines) is 1. The van der Waals surface area contributed by atoms with Gasteiger partial charge >= 0.3 is 0 Å². The number of fused-ring (bicyclic) bond motifs is 1. The van der Waals surface area contributed by atoms with Gasteiger partial charge in [-0.2, -0.15) is 0 Å². The van der Waals surface area contributed by atoms with Crippen molar-refractivity contribution in [2.45, 2.75) is 82.5 Å². The van der Waals surface area contributed by atoms with E-state index >= 15 is 0 Å². The molecular weight excluding hydrogens is 516 g/mol. The average Bonchev–Trinajstić information content (AvgIpc) is 3.80. The highest BCUT2D eigenvalue weighted by Gasteiger charge is 2.51. The van der Waals surface area contributed by atoms with Crippen molar-refractivity contribution in [2.24, 2.45) is 11.3 Å². The molecule has 2 aromatic rings. The Morgan fingerprint density at radius 3 is 2.67 bits per heavy atom. The first-order valence-electron chi connectivity index (χ1n) is 14.1. The fraction of sp³-hybridized carbons (Fsp3) is 0.586. The Bertz CT molecular complexity index is 1320. The molecule has 4 aliphatic rings. The largest absolute Gasteiger partial charge is 0.381 e. The molecule has 4 fully saturated rings. The van der Waals surface area contributed by atoms with Crippen molar-refractivity contribution in [3.05, 3.63) is 34.7 Å². The molecule has 1 spiro atoms. The van der Waals surface area contributed by atoms with E-state index in [1.54, 1.807) is 4.90 Å². The summed E-state index contributed by atoms with van der Waals surface area (Å²) in [5.41, 5.74) is 1.21. The Hall–Kier alpha value is -2.98. The van der Waals surface area contributed by atoms with E-state index in [1.807, 2.05) is 25.1 Å². The second-order valence-electron chi connectivity index (χ2n) is 12.0. The molecule has 2 aliphatic carbocycles. The van der Waals surface area contributed by atoms with E-state index in [2.05, 4.69) is 22.0 Å². The molecule has 1 aromatic carbocycles. The lowest BCUT2D eigenvalue weighted by molar-refractivity contribution is -0.135. The van der Waals surface area contributed by atoms with E-state index in [0.717, 1.165) is 47.8 Å². The van der Waals surface area contributed by atoms with Crippen LogP contribution in [0.15, 0.2) is 24.3 Å². The summed E-state index contributed by atoms with van der Waals surface area (Å²) in [6.07, 6.45) is 4.54. The van der Waals surface area contributed by atoms with Gasteiger partial charge in [-0.25, -0.2) is 0 Å². The highest BCUT2D eigenvalue weighted by atomic mass is 32.1. The number of thiophene rings is 1. The number of rotatable bonds is 8. The normalized spacial score (nSPS) is 25.3.